The third kappa shape index (κ3) is 3.55. The van der Waals surface area contributed by atoms with Crippen molar-refractivity contribution in [2.75, 3.05) is 6.54 Å². The summed E-state index contributed by atoms with van der Waals surface area (Å²) in [6, 6.07) is 13.3. The molecule has 2 aromatic heterocycles. The minimum Gasteiger partial charge on any atom is -0.361 e. The fourth-order valence-electron chi connectivity index (χ4n) is 3.12. The number of tetrazole rings is 1. The van der Waals surface area contributed by atoms with Gasteiger partial charge in [0.2, 0.25) is 5.91 Å². The zero-order chi connectivity index (χ0) is 18.6. The summed E-state index contributed by atoms with van der Waals surface area (Å²) < 4.78 is 14.9. The van der Waals surface area contributed by atoms with Crippen LogP contribution in [-0.2, 0) is 11.2 Å². The molecule has 1 amide bonds. The molecule has 0 spiro atoms. The molecule has 0 bridgehead atoms. The highest BCUT2D eigenvalue weighted by Gasteiger charge is 2.23. The number of aromatic amines is 1. The second-order valence-electron chi connectivity index (χ2n) is 6.15. The average Bonchev–Trinajstić information content (AvgIpc) is 3.33. The fourth-order valence-corrected chi connectivity index (χ4v) is 3.12. The molecule has 0 aliphatic heterocycles. The number of hydrogen-bond acceptors (Lipinski definition) is 4. The predicted molar refractivity (Wildman–Crippen MR) is 97.4 cm³/mol. The Morgan fingerprint density at radius 2 is 2.07 bits per heavy atom. The molecule has 4 rings (SSSR count). The summed E-state index contributed by atoms with van der Waals surface area (Å²) in [5.41, 5.74) is 2.61. The lowest BCUT2D eigenvalue weighted by atomic mass is 10.1. The second-order valence-corrected chi connectivity index (χ2v) is 6.15. The van der Waals surface area contributed by atoms with Gasteiger partial charge >= 0.3 is 0 Å². The summed E-state index contributed by atoms with van der Waals surface area (Å²) in [7, 11) is 0. The van der Waals surface area contributed by atoms with E-state index in [1.807, 2.05) is 36.5 Å². The SMILES string of the molecule is O=C(NCCc1c[nH]c2ccc(F)cc12)C(c1ccccc1)n1cnnn1. The van der Waals surface area contributed by atoms with E-state index in [0.717, 1.165) is 22.0 Å². The van der Waals surface area contributed by atoms with Gasteiger partial charge in [-0.1, -0.05) is 30.3 Å². The van der Waals surface area contributed by atoms with Gasteiger partial charge < -0.3 is 10.3 Å². The molecule has 2 heterocycles. The maximum absolute atomic E-state index is 13.5. The van der Waals surface area contributed by atoms with Crippen LogP contribution in [0.25, 0.3) is 10.9 Å². The number of benzene rings is 2. The van der Waals surface area contributed by atoms with Gasteiger partial charge in [0.25, 0.3) is 0 Å². The zero-order valence-corrected chi connectivity index (χ0v) is 14.3. The van der Waals surface area contributed by atoms with Gasteiger partial charge in [-0.25, -0.2) is 9.07 Å². The topological polar surface area (TPSA) is 88.5 Å². The first-order valence-electron chi connectivity index (χ1n) is 8.53. The highest BCUT2D eigenvalue weighted by atomic mass is 19.1. The van der Waals surface area contributed by atoms with E-state index < -0.39 is 6.04 Å². The van der Waals surface area contributed by atoms with E-state index in [2.05, 4.69) is 25.8 Å². The Bertz CT molecular complexity index is 1040. The standard InChI is InChI=1S/C19H17FN6O/c20-15-6-7-17-16(10-15)14(11-22-17)8-9-21-19(27)18(26-12-23-24-25-26)13-4-2-1-3-5-13/h1-7,10-12,18,22H,8-9H2,(H,21,27). The van der Waals surface area contributed by atoms with Crippen molar-refractivity contribution in [3.05, 3.63) is 78.0 Å². The predicted octanol–water partition coefficient (Wildman–Crippen LogP) is 2.24. The maximum Gasteiger partial charge on any atom is 0.249 e. The molecule has 1 unspecified atom stereocenters. The lowest BCUT2D eigenvalue weighted by Crippen LogP contribution is -2.34. The molecule has 7 nitrogen and oxygen atoms in total. The third-order valence-electron chi connectivity index (χ3n) is 4.42. The lowest BCUT2D eigenvalue weighted by molar-refractivity contribution is -0.123. The van der Waals surface area contributed by atoms with Crippen molar-refractivity contribution in [1.29, 1.82) is 0 Å². The van der Waals surface area contributed by atoms with Crippen LogP contribution in [0.2, 0.25) is 0 Å². The van der Waals surface area contributed by atoms with Crippen LogP contribution in [0.1, 0.15) is 17.2 Å². The summed E-state index contributed by atoms with van der Waals surface area (Å²) in [4.78, 5) is 15.9. The van der Waals surface area contributed by atoms with E-state index in [4.69, 9.17) is 0 Å². The Hall–Kier alpha value is -3.55. The first kappa shape index (κ1) is 16.9. The highest BCUT2D eigenvalue weighted by molar-refractivity contribution is 5.84. The van der Waals surface area contributed by atoms with Crippen LogP contribution in [-0.4, -0.2) is 37.6 Å². The summed E-state index contributed by atoms with van der Waals surface area (Å²) in [5.74, 6) is -0.491. The summed E-state index contributed by atoms with van der Waals surface area (Å²) in [6.45, 7) is 0.410. The van der Waals surface area contributed by atoms with Crippen LogP contribution in [0.3, 0.4) is 0 Å². The number of nitrogens with one attached hydrogen (secondary N) is 2. The minimum atomic E-state index is -0.651. The van der Waals surface area contributed by atoms with Crippen molar-refractivity contribution in [3.8, 4) is 0 Å². The van der Waals surface area contributed by atoms with Gasteiger partial charge in [0.15, 0.2) is 6.04 Å². The van der Waals surface area contributed by atoms with Crippen molar-refractivity contribution in [3.63, 3.8) is 0 Å². The quantitative estimate of drug-likeness (QED) is 0.549. The summed E-state index contributed by atoms with van der Waals surface area (Å²) >= 11 is 0. The highest BCUT2D eigenvalue weighted by Crippen LogP contribution is 2.20. The monoisotopic (exact) mass is 364 g/mol. The van der Waals surface area contributed by atoms with Crippen molar-refractivity contribution < 1.29 is 9.18 Å². The molecule has 27 heavy (non-hydrogen) atoms. The Morgan fingerprint density at radius 1 is 1.22 bits per heavy atom. The first-order chi connectivity index (χ1) is 13.2. The van der Waals surface area contributed by atoms with E-state index in [9.17, 15) is 9.18 Å². The third-order valence-corrected chi connectivity index (χ3v) is 4.42. The second kappa shape index (κ2) is 7.36. The van der Waals surface area contributed by atoms with Crippen molar-refractivity contribution in [2.24, 2.45) is 0 Å². The molecular formula is C19H17FN6O. The Morgan fingerprint density at radius 3 is 2.85 bits per heavy atom. The molecule has 0 saturated carbocycles. The number of aromatic nitrogens is 5. The number of fused-ring (bicyclic) bond motifs is 1. The molecule has 136 valence electrons. The van der Waals surface area contributed by atoms with Crippen LogP contribution < -0.4 is 5.32 Å². The summed E-state index contributed by atoms with van der Waals surface area (Å²) in [6.07, 6.45) is 3.83. The molecule has 0 fully saturated rings. The largest absolute Gasteiger partial charge is 0.361 e. The van der Waals surface area contributed by atoms with Crippen LogP contribution in [0.15, 0.2) is 61.1 Å². The van der Waals surface area contributed by atoms with Gasteiger partial charge in [0, 0.05) is 23.6 Å². The van der Waals surface area contributed by atoms with E-state index in [0.29, 0.717) is 13.0 Å². The normalized spacial score (nSPS) is 12.2. The molecule has 1 atom stereocenters. The van der Waals surface area contributed by atoms with Crippen LogP contribution in [0.5, 0.6) is 0 Å². The van der Waals surface area contributed by atoms with Gasteiger partial charge in [-0.15, -0.1) is 5.10 Å². The number of carbonyl (C=O) groups excluding carboxylic acids is 1. The maximum atomic E-state index is 13.5. The zero-order valence-electron chi connectivity index (χ0n) is 14.3. The Labute approximate surface area is 154 Å². The number of H-pyrrole nitrogens is 1. The number of nitrogens with zero attached hydrogens (tertiary/aromatic N) is 4. The molecule has 0 saturated heterocycles. The van der Waals surface area contributed by atoms with Gasteiger partial charge in [0.1, 0.15) is 12.1 Å². The fraction of sp³-hybridized carbons (Fsp3) is 0.158. The molecule has 4 aromatic rings. The smallest absolute Gasteiger partial charge is 0.249 e. The van der Waals surface area contributed by atoms with Crippen LogP contribution in [0, 0.1) is 5.82 Å². The van der Waals surface area contributed by atoms with Crippen molar-refractivity contribution >= 4 is 16.8 Å². The van der Waals surface area contributed by atoms with E-state index in [1.54, 1.807) is 6.07 Å². The van der Waals surface area contributed by atoms with E-state index >= 15 is 0 Å². The molecule has 8 heteroatoms. The number of amides is 1. The number of carbonyl (C=O) groups is 1. The molecule has 2 N–H and O–H groups in total. The van der Waals surface area contributed by atoms with Crippen LogP contribution >= 0.6 is 0 Å². The molecule has 2 aromatic carbocycles. The average molecular weight is 364 g/mol. The number of rotatable bonds is 6. The van der Waals surface area contributed by atoms with Crippen molar-refractivity contribution in [1.82, 2.24) is 30.5 Å². The molecule has 0 aliphatic rings. The van der Waals surface area contributed by atoms with Gasteiger partial charge in [-0.3, -0.25) is 4.79 Å². The molecular weight excluding hydrogens is 347 g/mol. The minimum absolute atomic E-state index is 0.209. The summed E-state index contributed by atoms with van der Waals surface area (Å²) in [5, 5.41) is 14.9. The first-order valence-corrected chi connectivity index (χ1v) is 8.53. The number of hydrogen-bond donors (Lipinski definition) is 2. The molecule has 0 aliphatic carbocycles. The Balaban J connectivity index is 1.48. The van der Waals surface area contributed by atoms with Gasteiger partial charge in [-0.2, -0.15) is 0 Å². The molecule has 0 radical (unpaired) electrons. The van der Waals surface area contributed by atoms with Crippen LogP contribution in [0.4, 0.5) is 4.39 Å². The van der Waals surface area contributed by atoms with Gasteiger partial charge in [-0.05, 0) is 46.2 Å². The van der Waals surface area contributed by atoms with Gasteiger partial charge in [0.05, 0.1) is 0 Å². The Kier molecular flexibility index (Phi) is 4.61. The van der Waals surface area contributed by atoms with E-state index in [1.165, 1.54) is 23.1 Å². The van der Waals surface area contributed by atoms with E-state index in [-0.39, 0.29) is 11.7 Å². The number of halogens is 1. The van der Waals surface area contributed by atoms with Crippen molar-refractivity contribution in [2.45, 2.75) is 12.5 Å². The lowest BCUT2D eigenvalue weighted by Gasteiger charge is -2.16.